The van der Waals surface area contributed by atoms with Crippen molar-refractivity contribution in [1.29, 1.82) is 0 Å². The van der Waals surface area contributed by atoms with Gasteiger partial charge >= 0.3 is 5.97 Å². The zero-order chi connectivity index (χ0) is 19.6. The molecule has 0 saturated carbocycles. The molecule has 0 aliphatic carbocycles. The summed E-state index contributed by atoms with van der Waals surface area (Å²) in [5, 5.41) is 2.62. The number of carbonyl (C=O) groups excluding carboxylic acids is 2. The maximum atomic E-state index is 11.9. The van der Waals surface area contributed by atoms with Crippen LogP contribution < -0.4 is 19.5 Å². The van der Waals surface area contributed by atoms with Crippen molar-refractivity contribution < 1.29 is 28.5 Å². The van der Waals surface area contributed by atoms with Gasteiger partial charge in [0.05, 0.1) is 21.3 Å². The Hall–Kier alpha value is -3.48. The molecular formula is C20H21NO6. The van der Waals surface area contributed by atoms with Gasteiger partial charge in [0.15, 0.2) is 18.1 Å². The second-order valence-electron chi connectivity index (χ2n) is 5.34. The minimum Gasteiger partial charge on any atom is -0.497 e. The fraction of sp³-hybridized carbons (Fsp3) is 0.200. The summed E-state index contributed by atoms with van der Waals surface area (Å²) in [4.78, 5) is 23.7. The van der Waals surface area contributed by atoms with Crippen LogP contribution >= 0.6 is 0 Å². The predicted molar refractivity (Wildman–Crippen MR) is 101 cm³/mol. The molecule has 7 nitrogen and oxygen atoms in total. The van der Waals surface area contributed by atoms with E-state index in [1.54, 1.807) is 49.6 Å². The molecule has 27 heavy (non-hydrogen) atoms. The molecule has 0 atom stereocenters. The van der Waals surface area contributed by atoms with E-state index in [4.69, 9.17) is 18.9 Å². The van der Waals surface area contributed by atoms with Gasteiger partial charge in [0, 0.05) is 17.8 Å². The van der Waals surface area contributed by atoms with E-state index in [9.17, 15) is 9.59 Å². The summed E-state index contributed by atoms with van der Waals surface area (Å²) in [5.41, 5.74) is 1.28. The van der Waals surface area contributed by atoms with Crippen molar-refractivity contribution in [2.24, 2.45) is 0 Å². The van der Waals surface area contributed by atoms with Crippen LogP contribution in [0.2, 0.25) is 0 Å². The van der Waals surface area contributed by atoms with Crippen molar-refractivity contribution in [2.75, 3.05) is 33.3 Å². The van der Waals surface area contributed by atoms with Crippen molar-refractivity contribution in [2.45, 2.75) is 0 Å². The van der Waals surface area contributed by atoms with Crippen LogP contribution in [-0.4, -0.2) is 39.8 Å². The highest BCUT2D eigenvalue weighted by Gasteiger charge is 2.09. The van der Waals surface area contributed by atoms with E-state index in [-0.39, 0.29) is 0 Å². The molecule has 0 bridgehead atoms. The first-order valence-corrected chi connectivity index (χ1v) is 8.06. The number of nitrogens with one attached hydrogen (secondary N) is 1. The molecule has 0 aliphatic heterocycles. The zero-order valence-corrected chi connectivity index (χ0v) is 15.4. The molecule has 0 saturated heterocycles. The first-order chi connectivity index (χ1) is 13.0. The van der Waals surface area contributed by atoms with Gasteiger partial charge in [-0.3, -0.25) is 4.79 Å². The number of hydrogen-bond donors (Lipinski definition) is 1. The molecule has 0 unspecified atom stereocenters. The van der Waals surface area contributed by atoms with Gasteiger partial charge in [-0.25, -0.2) is 4.79 Å². The molecule has 2 aromatic carbocycles. The normalized spacial score (nSPS) is 10.3. The van der Waals surface area contributed by atoms with E-state index >= 15 is 0 Å². The fourth-order valence-electron chi connectivity index (χ4n) is 2.21. The number of amides is 1. The van der Waals surface area contributed by atoms with Crippen LogP contribution in [0.5, 0.6) is 17.2 Å². The topological polar surface area (TPSA) is 83.1 Å². The second-order valence-corrected chi connectivity index (χ2v) is 5.34. The Morgan fingerprint density at radius 3 is 2.44 bits per heavy atom. The summed E-state index contributed by atoms with van der Waals surface area (Å²) >= 11 is 0. The van der Waals surface area contributed by atoms with E-state index in [1.807, 2.05) is 6.07 Å². The van der Waals surface area contributed by atoms with Crippen LogP contribution in [0.4, 0.5) is 5.69 Å². The quantitative estimate of drug-likeness (QED) is 0.567. The molecule has 0 radical (unpaired) electrons. The van der Waals surface area contributed by atoms with Crippen molar-refractivity contribution in [1.82, 2.24) is 0 Å². The number of esters is 1. The van der Waals surface area contributed by atoms with Crippen molar-refractivity contribution in [3.05, 3.63) is 54.1 Å². The van der Waals surface area contributed by atoms with Gasteiger partial charge in [-0.15, -0.1) is 0 Å². The maximum Gasteiger partial charge on any atom is 0.331 e. The SMILES string of the molecule is COc1cccc(/C=C/C(=O)OCC(=O)Nc2ccc(OC)c(OC)c2)c1. The van der Waals surface area contributed by atoms with Crippen molar-refractivity contribution in [3.63, 3.8) is 0 Å². The average Bonchev–Trinajstić information content (AvgIpc) is 2.70. The van der Waals surface area contributed by atoms with E-state index in [0.717, 1.165) is 5.56 Å². The van der Waals surface area contributed by atoms with E-state index < -0.39 is 18.5 Å². The molecule has 142 valence electrons. The van der Waals surface area contributed by atoms with Crippen LogP contribution in [0.1, 0.15) is 5.56 Å². The minimum atomic E-state index is -0.625. The van der Waals surface area contributed by atoms with Crippen molar-refractivity contribution in [3.8, 4) is 17.2 Å². The Labute approximate surface area is 157 Å². The van der Waals surface area contributed by atoms with Crippen molar-refractivity contribution >= 4 is 23.6 Å². The Balaban J connectivity index is 1.85. The lowest BCUT2D eigenvalue weighted by Gasteiger charge is -2.10. The number of ether oxygens (including phenoxy) is 4. The maximum absolute atomic E-state index is 11.9. The largest absolute Gasteiger partial charge is 0.497 e. The number of carbonyl (C=O) groups is 2. The van der Waals surface area contributed by atoms with Gasteiger partial charge in [-0.05, 0) is 35.9 Å². The molecule has 0 aliphatic rings. The highest BCUT2D eigenvalue weighted by Crippen LogP contribution is 2.29. The third-order valence-electron chi connectivity index (χ3n) is 3.52. The number of hydrogen-bond acceptors (Lipinski definition) is 6. The minimum absolute atomic E-state index is 0.407. The lowest BCUT2D eigenvalue weighted by atomic mass is 10.2. The first-order valence-electron chi connectivity index (χ1n) is 8.06. The van der Waals surface area contributed by atoms with E-state index in [1.165, 1.54) is 20.3 Å². The van der Waals surface area contributed by atoms with E-state index in [0.29, 0.717) is 22.9 Å². The van der Waals surface area contributed by atoms with Gasteiger partial charge in [-0.2, -0.15) is 0 Å². The van der Waals surface area contributed by atoms with Crippen LogP contribution in [0, 0.1) is 0 Å². The Bertz CT molecular complexity index is 831. The summed E-state index contributed by atoms with van der Waals surface area (Å²) < 4.78 is 20.3. The molecular weight excluding hydrogens is 350 g/mol. The summed E-state index contributed by atoms with van der Waals surface area (Å²) in [6, 6.07) is 12.1. The smallest absolute Gasteiger partial charge is 0.331 e. The van der Waals surface area contributed by atoms with Gasteiger partial charge in [0.25, 0.3) is 5.91 Å². The van der Waals surface area contributed by atoms with Gasteiger partial charge in [-0.1, -0.05) is 12.1 Å². The van der Waals surface area contributed by atoms with Crippen LogP contribution in [-0.2, 0) is 14.3 Å². The second kappa shape index (κ2) is 9.86. The summed E-state index contributed by atoms with van der Waals surface area (Å²) in [6.07, 6.45) is 2.83. The highest BCUT2D eigenvalue weighted by atomic mass is 16.5. The van der Waals surface area contributed by atoms with Gasteiger partial charge in [0.2, 0.25) is 0 Å². The zero-order valence-electron chi connectivity index (χ0n) is 15.4. The molecule has 0 fully saturated rings. The summed E-state index contributed by atoms with van der Waals surface area (Å²) in [6.45, 7) is -0.407. The number of methoxy groups -OCH3 is 3. The van der Waals surface area contributed by atoms with Crippen LogP contribution in [0.15, 0.2) is 48.5 Å². The number of rotatable bonds is 8. The van der Waals surface area contributed by atoms with Crippen LogP contribution in [0.25, 0.3) is 6.08 Å². The standard InChI is InChI=1S/C20H21NO6/c1-24-16-6-4-5-14(11-16)7-10-20(23)27-13-19(22)21-15-8-9-17(25-2)18(12-15)26-3/h4-12H,13H2,1-3H3,(H,21,22)/b10-7+. The predicted octanol–water partition coefficient (Wildman–Crippen LogP) is 2.91. The summed E-state index contributed by atoms with van der Waals surface area (Å²) in [5.74, 6) is 0.614. The number of anilines is 1. The number of benzene rings is 2. The lowest BCUT2D eigenvalue weighted by Crippen LogP contribution is -2.20. The monoisotopic (exact) mass is 371 g/mol. The van der Waals surface area contributed by atoms with Gasteiger partial charge in [0.1, 0.15) is 5.75 Å². The molecule has 0 heterocycles. The Morgan fingerprint density at radius 2 is 1.74 bits per heavy atom. The fourth-order valence-corrected chi connectivity index (χ4v) is 2.21. The molecule has 2 aromatic rings. The lowest BCUT2D eigenvalue weighted by molar-refractivity contribution is -0.142. The van der Waals surface area contributed by atoms with E-state index in [2.05, 4.69) is 5.32 Å². The van der Waals surface area contributed by atoms with Crippen LogP contribution in [0.3, 0.4) is 0 Å². The molecule has 1 N–H and O–H groups in total. The average molecular weight is 371 g/mol. The molecule has 0 spiro atoms. The first kappa shape index (κ1) is 19.8. The third kappa shape index (κ3) is 6.07. The molecule has 7 heteroatoms. The Morgan fingerprint density at radius 1 is 0.963 bits per heavy atom. The third-order valence-corrected chi connectivity index (χ3v) is 3.52. The highest BCUT2D eigenvalue weighted by molar-refractivity contribution is 5.94. The Kier molecular flexibility index (Phi) is 7.25. The van der Waals surface area contributed by atoms with Gasteiger partial charge < -0.3 is 24.3 Å². The molecule has 2 rings (SSSR count). The molecule has 1 amide bonds. The molecule has 0 aromatic heterocycles. The summed E-state index contributed by atoms with van der Waals surface area (Å²) in [7, 11) is 4.59.